The van der Waals surface area contributed by atoms with E-state index >= 15 is 0 Å². The summed E-state index contributed by atoms with van der Waals surface area (Å²) in [5.74, 6) is 0. The van der Waals surface area contributed by atoms with E-state index in [9.17, 15) is 0 Å². The molecule has 4 nitrogen and oxygen atoms in total. The molecule has 100 valence electrons. The van der Waals surface area contributed by atoms with Gasteiger partial charge in [-0.15, -0.1) is 0 Å². The summed E-state index contributed by atoms with van der Waals surface area (Å²) in [7, 11) is 0. The third kappa shape index (κ3) is 4.37. The largest absolute Gasteiger partial charge is 0.379 e. The van der Waals surface area contributed by atoms with E-state index < -0.39 is 0 Å². The summed E-state index contributed by atoms with van der Waals surface area (Å²) in [4.78, 5) is 6.85. The lowest BCUT2D eigenvalue weighted by atomic mass is 10.2. The topological polar surface area (TPSA) is 37.4 Å². The molecule has 4 heteroatoms. The molecule has 1 atom stereocenters. The first-order chi connectivity index (χ1) is 8.74. The minimum Gasteiger partial charge on any atom is -0.379 e. The molecule has 0 bridgehead atoms. The molecule has 0 radical (unpaired) electrons. The zero-order valence-corrected chi connectivity index (χ0v) is 11.4. The first-order valence-electron chi connectivity index (χ1n) is 6.69. The van der Waals surface area contributed by atoms with Crippen LogP contribution in [-0.2, 0) is 11.3 Å². The fourth-order valence-corrected chi connectivity index (χ4v) is 2.12. The molecule has 1 aromatic rings. The smallest absolute Gasteiger partial charge is 0.0594 e. The quantitative estimate of drug-likeness (QED) is 0.851. The average molecular weight is 249 g/mol. The number of aromatic nitrogens is 1. The van der Waals surface area contributed by atoms with Crippen molar-refractivity contribution in [2.75, 3.05) is 32.8 Å². The maximum absolute atomic E-state index is 5.35. The van der Waals surface area contributed by atoms with Crippen LogP contribution in [0.5, 0.6) is 0 Å². The van der Waals surface area contributed by atoms with Crippen molar-refractivity contribution in [1.82, 2.24) is 15.2 Å². The molecule has 0 aliphatic carbocycles. The van der Waals surface area contributed by atoms with Gasteiger partial charge in [-0.2, -0.15) is 0 Å². The molecule has 1 fully saturated rings. The van der Waals surface area contributed by atoms with E-state index in [1.165, 1.54) is 5.56 Å². The molecule has 1 saturated heterocycles. The van der Waals surface area contributed by atoms with E-state index in [1.54, 1.807) is 0 Å². The molecule has 0 saturated carbocycles. The SMILES string of the molecule is Cc1ccc(CNC(C)CN2CCOCC2)nc1. The zero-order chi connectivity index (χ0) is 12.8. The lowest BCUT2D eigenvalue weighted by molar-refractivity contribution is 0.0343. The number of morpholine rings is 1. The molecular formula is C14H23N3O. The number of nitrogens with zero attached hydrogens (tertiary/aromatic N) is 2. The van der Waals surface area contributed by atoms with Crippen LogP contribution in [-0.4, -0.2) is 48.8 Å². The summed E-state index contributed by atoms with van der Waals surface area (Å²) in [5, 5.41) is 3.52. The normalized spacial score (nSPS) is 18.8. The number of hydrogen-bond donors (Lipinski definition) is 1. The Bertz CT molecular complexity index is 347. The van der Waals surface area contributed by atoms with E-state index in [0.717, 1.165) is 45.1 Å². The van der Waals surface area contributed by atoms with Crippen molar-refractivity contribution in [1.29, 1.82) is 0 Å². The molecule has 18 heavy (non-hydrogen) atoms. The first-order valence-corrected chi connectivity index (χ1v) is 6.69. The maximum atomic E-state index is 5.35. The number of hydrogen-bond acceptors (Lipinski definition) is 4. The van der Waals surface area contributed by atoms with E-state index in [1.807, 2.05) is 6.20 Å². The number of ether oxygens (including phenoxy) is 1. The van der Waals surface area contributed by atoms with E-state index in [2.05, 4.69) is 41.2 Å². The van der Waals surface area contributed by atoms with Crippen molar-refractivity contribution in [2.24, 2.45) is 0 Å². The van der Waals surface area contributed by atoms with E-state index in [0.29, 0.717) is 6.04 Å². The standard InChI is InChI=1S/C14H23N3O/c1-12-3-4-14(16-9-12)10-15-13(2)11-17-5-7-18-8-6-17/h3-4,9,13,15H,5-8,10-11H2,1-2H3. The molecule has 2 rings (SSSR count). The van der Waals surface area contributed by atoms with Crippen molar-refractivity contribution in [3.8, 4) is 0 Å². The van der Waals surface area contributed by atoms with Crippen LogP contribution in [0.3, 0.4) is 0 Å². The van der Waals surface area contributed by atoms with Gasteiger partial charge in [-0.05, 0) is 25.5 Å². The van der Waals surface area contributed by atoms with Crippen molar-refractivity contribution in [2.45, 2.75) is 26.4 Å². The van der Waals surface area contributed by atoms with Crippen molar-refractivity contribution in [3.05, 3.63) is 29.6 Å². The highest BCUT2D eigenvalue weighted by molar-refractivity contribution is 5.11. The molecule has 1 aromatic heterocycles. The summed E-state index contributed by atoms with van der Waals surface area (Å²) >= 11 is 0. The van der Waals surface area contributed by atoms with Crippen LogP contribution in [0.1, 0.15) is 18.2 Å². The summed E-state index contributed by atoms with van der Waals surface area (Å²) in [6.45, 7) is 10.0. The Morgan fingerprint density at radius 1 is 1.39 bits per heavy atom. The fraction of sp³-hybridized carbons (Fsp3) is 0.643. The molecular weight excluding hydrogens is 226 g/mol. The van der Waals surface area contributed by atoms with E-state index in [4.69, 9.17) is 4.74 Å². The van der Waals surface area contributed by atoms with Gasteiger partial charge in [-0.25, -0.2) is 0 Å². The molecule has 0 amide bonds. The van der Waals surface area contributed by atoms with Gasteiger partial charge in [-0.1, -0.05) is 6.07 Å². The second-order valence-electron chi connectivity index (χ2n) is 5.02. The van der Waals surface area contributed by atoms with Gasteiger partial charge < -0.3 is 10.1 Å². The predicted octanol–water partition coefficient (Wildman–Crippen LogP) is 1.20. The molecule has 1 unspecified atom stereocenters. The van der Waals surface area contributed by atoms with Crippen LogP contribution in [0.15, 0.2) is 18.3 Å². The van der Waals surface area contributed by atoms with Gasteiger partial charge >= 0.3 is 0 Å². The lowest BCUT2D eigenvalue weighted by Crippen LogP contribution is -2.44. The van der Waals surface area contributed by atoms with Gasteiger partial charge in [0.05, 0.1) is 18.9 Å². The minimum absolute atomic E-state index is 0.478. The highest BCUT2D eigenvalue weighted by atomic mass is 16.5. The minimum atomic E-state index is 0.478. The van der Waals surface area contributed by atoms with Crippen LogP contribution in [0.4, 0.5) is 0 Å². The van der Waals surface area contributed by atoms with Crippen LogP contribution in [0.2, 0.25) is 0 Å². The number of pyridine rings is 1. The second-order valence-corrected chi connectivity index (χ2v) is 5.02. The van der Waals surface area contributed by atoms with Crippen LogP contribution in [0, 0.1) is 6.92 Å². The highest BCUT2D eigenvalue weighted by Crippen LogP contribution is 2.01. The van der Waals surface area contributed by atoms with Gasteiger partial charge in [0, 0.05) is 38.4 Å². The first kappa shape index (κ1) is 13.5. The Morgan fingerprint density at radius 2 is 2.17 bits per heavy atom. The Kier molecular flexibility index (Phi) is 5.11. The predicted molar refractivity (Wildman–Crippen MR) is 72.5 cm³/mol. The van der Waals surface area contributed by atoms with Crippen LogP contribution >= 0.6 is 0 Å². The van der Waals surface area contributed by atoms with Crippen LogP contribution < -0.4 is 5.32 Å². The number of nitrogens with one attached hydrogen (secondary N) is 1. The molecule has 1 aliphatic rings. The molecule has 1 aliphatic heterocycles. The Hall–Kier alpha value is -0.970. The Morgan fingerprint density at radius 3 is 2.83 bits per heavy atom. The maximum Gasteiger partial charge on any atom is 0.0594 e. The molecule has 1 N–H and O–H groups in total. The van der Waals surface area contributed by atoms with Crippen molar-refractivity contribution < 1.29 is 4.74 Å². The van der Waals surface area contributed by atoms with Gasteiger partial charge in [-0.3, -0.25) is 9.88 Å². The third-order valence-electron chi connectivity index (χ3n) is 3.24. The molecule has 0 aromatic carbocycles. The van der Waals surface area contributed by atoms with Gasteiger partial charge in [0.15, 0.2) is 0 Å². The number of rotatable bonds is 5. The van der Waals surface area contributed by atoms with Crippen molar-refractivity contribution in [3.63, 3.8) is 0 Å². The third-order valence-corrected chi connectivity index (χ3v) is 3.24. The Labute approximate surface area is 109 Å². The summed E-state index contributed by atoms with van der Waals surface area (Å²) in [6, 6.07) is 4.67. The lowest BCUT2D eigenvalue weighted by Gasteiger charge is -2.29. The van der Waals surface area contributed by atoms with Crippen molar-refractivity contribution >= 4 is 0 Å². The highest BCUT2D eigenvalue weighted by Gasteiger charge is 2.13. The number of aryl methyl sites for hydroxylation is 1. The van der Waals surface area contributed by atoms with Gasteiger partial charge in [0.2, 0.25) is 0 Å². The fourth-order valence-electron chi connectivity index (χ4n) is 2.12. The average Bonchev–Trinajstić information content (AvgIpc) is 2.39. The monoisotopic (exact) mass is 249 g/mol. The summed E-state index contributed by atoms with van der Waals surface area (Å²) in [5.41, 5.74) is 2.31. The molecule has 2 heterocycles. The zero-order valence-electron chi connectivity index (χ0n) is 11.4. The van der Waals surface area contributed by atoms with E-state index in [-0.39, 0.29) is 0 Å². The summed E-state index contributed by atoms with van der Waals surface area (Å²) < 4.78 is 5.35. The molecule has 0 spiro atoms. The van der Waals surface area contributed by atoms with Gasteiger partial charge in [0.1, 0.15) is 0 Å². The van der Waals surface area contributed by atoms with Crippen LogP contribution in [0.25, 0.3) is 0 Å². The Balaban J connectivity index is 1.70. The van der Waals surface area contributed by atoms with Gasteiger partial charge in [0.25, 0.3) is 0 Å². The summed E-state index contributed by atoms with van der Waals surface area (Å²) in [6.07, 6.45) is 1.92. The second kappa shape index (κ2) is 6.83.